The first-order chi connectivity index (χ1) is 10.7. The van der Waals surface area contributed by atoms with Crippen molar-refractivity contribution in [2.24, 2.45) is 11.8 Å². The average molecular weight is 305 g/mol. The molecular formula is C16H23N3O3. The second-order valence-corrected chi connectivity index (χ2v) is 6.37. The van der Waals surface area contributed by atoms with Crippen LogP contribution in [0.1, 0.15) is 55.3 Å². The topological polar surface area (TPSA) is 75.4 Å². The minimum atomic E-state index is -0.197. The fraction of sp³-hybridized carbons (Fsp3) is 0.688. The number of nitrogens with zero attached hydrogens (tertiary/aromatic N) is 2. The molecule has 0 atom stereocenters. The van der Waals surface area contributed by atoms with E-state index in [9.17, 15) is 9.59 Å². The number of nitrogens with one attached hydrogen (secondary N) is 1. The summed E-state index contributed by atoms with van der Waals surface area (Å²) in [4.78, 5) is 26.0. The van der Waals surface area contributed by atoms with Crippen LogP contribution in [-0.4, -0.2) is 35.0 Å². The van der Waals surface area contributed by atoms with Gasteiger partial charge in [-0.3, -0.25) is 9.59 Å². The zero-order valence-electron chi connectivity index (χ0n) is 13.0. The van der Waals surface area contributed by atoms with Crippen LogP contribution in [-0.2, 0) is 11.3 Å². The highest BCUT2D eigenvalue weighted by atomic mass is 16.5. The van der Waals surface area contributed by atoms with Crippen LogP contribution in [0.15, 0.2) is 10.6 Å². The van der Waals surface area contributed by atoms with Gasteiger partial charge in [0.05, 0.1) is 6.54 Å². The molecule has 0 radical (unpaired) electrons. The summed E-state index contributed by atoms with van der Waals surface area (Å²) >= 11 is 0. The van der Waals surface area contributed by atoms with E-state index in [4.69, 9.17) is 4.52 Å². The molecule has 0 aromatic carbocycles. The van der Waals surface area contributed by atoms with Crippen molar-refractivity contribution < 1.29 is 14.1 Å². The summed E-state index contributed by atoms with van der Waals surface area (Å²) in [7, 11) is 0. The van der Waals surface area contributed by atoms with Gasteiger partial charge in [0.25, 0.3) is 5.91 Å². The lowest BCUT2D eigenvalue weighted by Gasteiger charge is -2.20. The van der Waals surface area contributed by atoms with Gasteiger partial charge in [0.15, 0.2) is 11.5 Å². The Hall–Kier alpha value is -1.85. The Labute approximate surface area is 130 Å². The SMILES string of the molecule is CCCN(Cc1cc(C(=O)NCC2CC2)no1)C(=O)C1CC1. The van der Waals surface area contributed by atoms with Crippen LogP contribution in [0.3, 0.4) is 0 Å². The molecule has 0 bridgehead atoms. The van der Waals surface area contributed by atoms with Gasteiger partial charge in [-0.1, -0.05) is 12.1 Å². The summed E-state index contributed by atoms with van der Waals surface area (Å²) in [6.07, 6.45) is 5.27. The van der Waals surface area contributed by atoms with Crippen molar-refractivity contribution in [3.8, 4) is 0 Å². The maximum absolute atomic E-state index is 12.2. The van der Waals surface area contributed by atoms with Crippen LogP contribution in [0.5, 0.6) is 0 Å². The molecule has 6 heteroatoms. The molecule has 2 aliphatic carbocycles. The molecule has 2 amide bonds. The zero-order valence-corrected chi connectivity index (χ0v) is 13.0. The molecule has 1 aromatic rings. The van der Waals surface area contributed by atoms with E-state index in [1.807, 2.05) is 11.8 Å². The van der Waals surface area contributed by atoms with Crippen LogP contribution in [0.25, 0.3) is 0 Å². The Balaban J connectivity index is 1.56. The van der Waals surface area contributed by atoms with E-state index in [0.29, 0.717) is 37.0 Å². The molecule has 2 saturated carbocycles. The maximum atomic E-state index is 12.2. The minimum absolute atomic E-state index is 0.191. The molecule has 1 aromatic heterocycles. The number of hydrogen-bond donors (Lipinski definition) is 1. The summed E-state index contributed by atoms with van der Waals surface area (Å²) in [5.74, 6) is 1.39. The van der Waals surface area contributed by atoms with E-state index in [0.717, 1.165) is 19.3 Å². The third-order valence-corrected chi connectivity index (χ3v) is 4.12. The van der Waals surface area contributed by atoms with Gasteiger partial charge in [-0.15, -0.1) is 0 Å². The molecule has 0 spiro atoms. The van der Waals surface area contributed by atoms with E-state index < -0.39 is 0 Å². The van der Waals surface area contributed by atoms with Crippen molar-refractivity contribution in [3.05, 3.63) is 17.5 Å². The van der Waals surface area contributed by atoms with Crippen molar-refractivity contribution >= 4 is 11.8 Å². The van der Waals surface area contributed by atoms with Crippen molar-refractivity contribution in [1.29, 1.82) is 0 Å². The van der Waals surface area contributed by atoms with Crippen molar-refractivity contribution in [3.63, 3.8) is 0 Å². The molecule has 3 rings (SSSR count). The monoisotopic (exact) mass is 305 g/mol. The Morgan fingerprint density at radius 3 is 2.77 bits per heavy atom. The second kappa shape index (κ2) is 6.50. The van der Waals surface area contributed by atoms with E-state index in [2.05, 4.69) is 10.5 Å². The standard InChI is InChI=1S/C16H23N3O3/c1-2-7-19(16(21)12-5-6-12)10-13-8-14(18-22-13)15(20)17-9-11-3-4-11/h8,11-12H,2-7,9-10H2,1H3,(H,17,20). The summed E-state index contributed by atoms with van der Waals surface area (Å²) in [6, 6.07) is 1.64. The van der Waals surface area contributed by atoms with Gasteiger partial charge >= 0.3 is 0 Å². The van der Waals surface area contributed by atoms with Crippen molar-refractivity contribution in [2.75, 3.05) is 13.1 Å². The highest BCUT2D eigenvalue weighted by molar-refractivity contribution is 5.92. The predicted octanol–water partition coefficient (Wildman–Crippen LogP) is 1.96. The highest BCUT2D eigenvalue weighted by Gasteiger charge is 2.33. The van der Waals surface area contributed by atoms with Gasteiger partial charge in [0.1, 0.15) is 0 Å². The van der Waals surface area contributed by atoms with E-state index in [-0.39, 0.29) is 17.7 Å². The molecule has 120 valence electrons. The molecular weight excluding hydrogens is 282 g/mol. The fourth-order valence-corrected chi connectivity index (χ4v) is 2.46. The lowest BCUT2D eigenvalue weighted by atomic mass is 10.2. The average Bonchev–Trinajstić information content (AvgIpc) is 3.42. The summed E-state index contributed by atoms with van der Waals surface area (Å²) in [5, 5.41) is 6.68. The molecule has 2 aliphatic rings. The fourth-order valence-electron chi connectivity index (χ4n) is 2.46. The molecule has 1 N–H and O–H groups in total. The van der Waals surface area contributed by atoms with Crippen molar-refractivity contribution in [2.45, 2.75) is 45.6 Å². The van der Waals surface area contributed by atoms with Gasteiger partial charge in [0, 0.05) is 25.1 Å². The van der Waals surface area contributed by atoms with Gasteiger partial charge in [-0.25, -0.2) is 0 Å². The summed E-state index contributed by atoms with van der Waals surface area (Å²) in [5.41, 5.74) is 0.297. The molecule has 0 saturated heterocycles. The third-order valence-electron chi connectivity index (χ3n) is 4.12. The van der Waals surface area contributed by atoms with Gasteiger partial charge in [-0.2, -0.15) is 0 Å². The number of hydrogen-bond acceptors (Lipinski definition) is 4. The van der Waals surface area contributed by atoms with E-state index in [1.165, 1.54) is 12.8 Å². The summed E-state index contributed by atoms with van der Waals surface area (Å²) < 4.78 is 5.23. The molecule has 6 nitrogen and oxygen atoms in total. The number of carbonyl (C=O) groups excluding carboxylic acids is 2. The van der Waals surface area contributed by atoms with Crippen molar-refractivity contribution in [1.82, 2.24) is 15.4 Å². The van der Waals surface area contributed by atoms with Gasteiger partial charge < -0.3 is 14.7 Å². The Bertz CT molecular complexity index is 547. The number of amides is 2. The smallest absolute Gasteiger partial charge is 0.273 e. The summed E-state index contributed by atoms with van der Waals surface area (Å²) in [6.45, 7) is 3.86. The second-order valence-electron chi connectivity index (χ2n) is 6.37. The largest absolute Gasteiger partial charge is 0.359 e. The Morgan fingerprint density at radius 2 is 2.14 bits per heavy atom. The normalized spacial score (nSPS) is 17.3. The molecule has 2 fully saturated rings. The Kier molecular flexibility index (Phi) is 4.45. The number of carbonyl (C=O) groups is 2. The van der Waals surface area contributed by atoms with Crippen LogP contribution in [0, 0.1) is 11.8 Å². The molecule has 0 unspecified atom stereocenters. The van der Waals surface area contributed by atoms with Crippen LogP contribution in [0.4, 0.5) is 0 Å². The number of rotatable bonds is 8. The van der Waals surface area contributed by atoms with E-state index >= 15 is 0 Å². The minimum Gasteiger partial charge on any atom is -0.359 e. The Morgan fingerprint density at radius 1 is 1.36 bits per heavy atom. The van der Waals surface area contributed by atoms with Gasteiger partial charge in [0.2, 0.25) is 5.91 Å². The number of aromatic nitrogens is 1. The van der Waals surface area contributed by atoms with Crippen LogP contribution < -0.4 is 5.32 Å². The third kappa shape index (κ3) is 3.87. The van der Waals surface area contributed by atoms with E-state index in [1.54, 1.807) is 6.07 Å². The molecule has 22 heavy (non-hydrogen) atoms. The quantitative estimate of drug-likeness (QED) is 0.796. The first kappa shape index (κ1) is 15.1. The van der Waals surface area contributed by atoms with Gasteiger partial charge in [-0.05, 0) is 38.0 Å². The highest BCUT2D eigenvalue weighted by Crippen LogP contribution is 2.31. The molecule has 1 heterocycles. The molecule has 0 aliphatic heterocycles. The van der Waals surface area contributed by atoms with Crippen LogP contribution >= 0.6 is 0 Å². The first-order valence-electron chi connectivity index (χ1n) is 8.20. The zero-order chi connectivity index (χ0) is 15.5. The first-order valence-corrected chi connectivity index (χ1v) is 8.20. The maximum Gasteiger partial charge on any atom is 0.273 e. The van der Waals surface area contributed by atoms with Crippen LogP contribution in [0.2, 0.25) is 0 Å². The lowest BCUT2D eigenvalue weighted by Crippen LogP contribution is -2.32. The lowest BCUT2D eigenvalue weighted by molar-refractivity contribution is -0.133. The predicted molar refractivity (Wildman–Crippen MR) is 80.0 cm³/mol.